The van der Waals surface area contributed by atoms with Gasteiger partial charge >= 0.3 is 11.9 Å². The van der Waals surface area contributed by atoms with Crippen LogP contribution in [0.5, 0.6) is 0 Å². The lowest BCUT2D eigenvalue weighted by molar-refractivity contribution is -0.143. The van der Waals surface area contributed by atoms with E-state index in [1.54, 1.807) is 6.08 Å². The summed E-state index contributed by atoms with van der Waals surface area (Å²) in [4.78, 5) is 21.9. The molecule has 0 spiro atoms. The van der Waals surface area contributed by atoms with Crippen molar-refractivity contribution in [2.75, 3.05) is 0 Å². The van der Waals surface area contributed by atoms with Gasteiger partial charge in [-0.3, -0.25) is 9.59 Å². The Morgan fingerprint density at radius 1 is 1.04 bits per heavy atom. The van der Waals surface area contributed by atoms with Gasteiger partial charge in [0.1, 0.15) is 6.04 Å². The number of fused-ring (bicyclic) bond motifs is 1. The Morgan fingerprint density at radius 2 is 1.74 bits per heavy atom. The number of rotatable bonds is 7. The molecule has 0 aliphatic carbocycles. The summed E-state index contributed by atoms with van der Waals surface area (Å²) in [5, 5.41) is 20.2. The van der Waals surface area contributed by atoms with Crippen molar-refractivity contribution >= 4 is 28.8 Å². The van der Waals surface area contributed by atoms with Gasteiger partial charge in [0.2, 0.25) is 0 Å². The number of hydrogen-bond acceptors (Lipinski definition) is 3. The highest BCUT2D eigenvalue weighted by Gasteiger charge is 2.23. The summed E-state index contributed by atoms with van der Waals surface area (Å²) in [5.41, 5.74) is 6.38. The van der Waals surface area contributed by atoms with E-state index in [1.807, 2.05) is 48.5 Å². The molecule has 0 bridgehead atoms. The summed E-state index contributed by atoms with van der Waals surface area (Å²) in [6.07, 6.45) is 3.74. The smallest absolute Gasteiger partial charge is 0.320 e. The van der Waals surface area contributed by atoms with E-state index in [1.165, 1.54) is 0 Å². The summed E-state index contributed by atoms with van der Waals surface area (Å²) in [5.74, 6) is -3.03. The van der Waals surface area contributed by atoms with Crippen LogP contribution in [0.25, 0.3) is 16.8 Å². The zero-order valence-corrected chi connectivity index (χ0v) is 12.6. The van der Waals surface area contributed by atoms with Crippen LogP contribution in [0.4, 0.5) is 0 Å². The molecule has 120 valence electrons. The van der Waals surface area contributed by atoms with Crippen LogP contribution in [0.1, 0.15) is 18.4 Å². The molecule has 0 aliphatic rings. The highest BCUT2D eigenvalue weighted by Crippen LogP contribution is 2.18. The molecule has 4 N–H and O–H groups in total. The minimum atomic E-state index is -1.19. The van der Waals surface area contributed by atoms with Crippen molar-refractivity contribution in [2.24, 2.45) is 11.7 Å². The van der Waals surface area contributed by atoms with Crippen LogP contribution in [-0.4, -0.2) is 28.2 Å². The average molecular weight is 313 g/mol. The number of carboxylic acid groups (broad SMARTS) is 2. The quantitative estimate of drug-likeness (QED) is 0.729. The molecule has 2 rings (SSSR count). The number of carbonyl (C=O) groups is 2. The van der Waals surface area contributed by atoms with Crippen LogP contribution < -0.4 is 5.73 Å². The minimum absolute atomic E-state index is 0.0905. The maximum absolute atomic E-state index is 11.2. The third-order valence-corrected chi connectivity index (χ3v) is 3.71. The Balaban J connectivity index is 2.04. The van der Waals surface area contributed by atoms with Gasteiger partial charge in [-0.25, -0.2) is 0 Å². The van der Waals surface area contributed by atoms with E-state index in [9.17, 15) is 9.59 Å². The molecule has 0 heterocycles. The standard InChI is InChI=1S/C18H19NO4/c19-16(18(22)23)11-15(17(20)21)7-3-4-12-8-9-13-5-1-2-6-14(13)10-12/h1-6,8-10,15-16H,7,11,19H2,(H,20,21)(H,22,23)/b4-3+/t15?,16-/m0/s1. The molecule has 23 heavy (non-hydrogen) atoms. The first kappa shape index (κ1) is 16.7. The lowest BCUT2D eigenvalue weighted by Crippen LogP contribution is -2.34. The topological polar surface area (TPSA) is 101 Å². The molecule has 5 nitrogen and oxygen atoms in total. The minimum Gasteiger partial charge on any atom is -0.481 e. The summed E-state index contributed by atoms with van der Waals surface area (Å²) in [7, 11) is 0. The van der Waals surface area contributed by atoms with Gasteiger partial charge in [0, 0.05) is 0 Å². The molecule has 0 amide bonds. The van der Waals surface area contributed by atoms with Gasteiger partial charge in [0.15, 0.2) is 0 Å². The van der Waals surface area contributed by atoms with Gasteiger partial charge in [-0.15, -0.1) is 0 Å². The molecule has 2 aromatic carbocycles. The van der Waals surface area contributed by atoms with Crippen LogP contribution in [0.3, 0.4) is 0 Å². The summed E-state index contributed by atoms with van der Waals surface area (Å²) in [6, 6.07) is 12.8. The van der Waals surface area contributed by atoms with Crippen LogP contribution >= 0.6 is 0 Å². The van der Waals surface area contributed by atoms with Crippen molar-refractivity contribution in [3.63, 3.8) is 0 Å². The number of benzene rings is 2. The monoisotopic (exact) mass is 313 g/mol. The lowest BCUT2D eigenvalue weighted by atomic mass is 9.96. The Kier molecular flexibility index (Phi) is 5.49. The van der Waals surface area contributed by atoms with E-state index in [2.05, 4.69) is 0 Å². The number of allylic oxidation sites excluding steroid dienone is 1. The Bertz CT molecular complexity index is 739. The maximum Gasteiger partial charge on any atom is 0.320 e. The molecule has 0 fully saturated rings. The molecule has 0 radical (unpaired) electrons. The molecule has 0 saturated heterocycles. The van der Waals surface area contributed by atoms with E-state index in [0.717, 1.165) is 16.3 Å². The van der Waals surface area contributed by atoms with E-state index in [0.29, 0.717) is 0 Å². The number of carboxylic acids is 2. The van der Waals surface area contributed by atoms with Crippen molar-refractivity contribution in [1.82, 2.24) is 0 Å². The molecular formula is C18H19NO4. The average Bonchev–Trinajstić information content (AvgIpc) is 2.53. The number of hydrogen-bond donors (Lipinski definition) is 3. The third kappa shape index (κ3) is 4.66. The first-order valence-corrected chi connectivity index (χ1v) is 7.34. The van der Waals surface area contributed by atoms with Crippen LogP contribution in [-0.2, 0) is 9.59 Å². The highest BCUT2D eigenvalue weighted by molar-refractivity contribution is 5.84. The normalized spacial score (nSPS) is 14.0. The molecule has 1 unspecified atom stereocenters. The van der Waals surface area contributed by atoms with E-state index in [-0.39, 0.29) is 12.8 Å². The van der Waals surface area contributed by atoms with Crippen molar-refractivity contribution in [1.29, 1.82) is 0 Å². The molecule has 0 aromatic heterocycles. The Morgan fingerprint density at radius 3 is 2.39 bits per heavy atom. The fourth-order valence-corrected chi connectivity index (χ4v) is 2.39. The number of aliphatic carboxylic acids is 2. The second-order valence-electron chi connectivity index (χ2n) is 5.46. The Hall–Kier alpha value is -2.66. The van der Waals surface area contributed by atoms with Crippen LogP contribution in [0.2, 0.25) is 0 Å². The fraction of sp³-hybridized carbons (Fsp3) is 0.222. The maximum atomic E-state index is 11.2. The molecule has 0 aliphatic heterocycles. The first-order chi connectivity index (χ1) is 11.0. The molecule has 0 saturated carbocycles. The van der Waals surface area contributed by atoms with Crippen molar-refractivity contribution in [3.8, 4) is 0 Å². The zero-order chi connectivity index (χ0) is 16.8. The largest absolute Gasteiger partial charge is 0.481 e. The van der Waals surface area contributed by atoms with Crippen LogP contribution in [0.15, 0.2) is 48.5 Å². The van der Waals surface area contributed by atoms with Gasteiger partial charge < -0.3 is 15.9 Å². The Labute approximate surface area is 134 Å². The molecule has 2 aromatic rings. The second-order valence-corrected chi connectivity index (χ2v) is 5.46. The predicted molar refractivity (Wildman–Crippen MR) is 89.0 cm³/mol. The van der Waals surface area contributed by atoms with E-state index < -0.39 is 23.9 Å². The molecule has 5 heteroatoms. The summed E-state index contributed by atoms with van der Waals surface area (Å²) in [6.45, 7) is 0. The van der Waals surface area contributed by atoms with Gasteiger partial charge in [-0.2, -0.15) is 0 Å². The second kappa shape index (κ2) is 7.56. The van der Waals surface area contributed by atoms with Gasteiger partial charge in [0.25, 0.3) is 0 Å². The van der Waals surface area contributed by atoms with Crippen molar-refractivity contribution in [3.05, 3.63) is 54.1 Å². The van der Waals surface area contributed by atoms with Gasteiger partial charge in [-0.1, -0.05) is 48.6 Å². The number of nitrogens with two attached hydrogens (primary N) is 1. The van der Waals surface area contributed by atoms with Gasteiger partial charge in [0.05, 0.1) is 5.92 Å². The van der Waals surface area contributed by atoms with Gasteiger partial charge in [-0.05, 0) is 35.2 Å². The van der Waals surface area contributed by atoms with E-state index in [4.69, 9.17) is 15.9 Å². The highest BCUT2D eigenvalue weighted by atomic mass is 16.4. The third-order valence-electron chi connectivity index (χ3n) is 3.71. The fourth-order valence-electron chi connectivity index (χ4n) is 2.39. The first-order valence-electron chi connectivity index (χ1n) is 7.34. The predicted octanol–water partition coefficient (Wildman–Crippen LogP) is 2.75. The van der Waals surface area contributed by atoms with Crippen molar-refractivity contribution < 1.29 is 19.8 Å². The summed E-state index contributed by atoms with van der Waals surface area (Å²) >= 11 is 0. The van der Waals surface area contributed by atoms with Crippen molar-refractivity contribution in [2.45, 2.75) is 18.9 Å². The lowest BCUT2D eigenvalue weighted by Gasteiger charge is -2.12. The van der Waals surface area contributed by atoms with E-state index >= 15 is 0 Å². The molecular weight excluding hydrogens is 294 g/mol. The van der Waals surface area contributed by atoms with Crippen LogP contribution in [0, 0.1) is 5.92 Å². The summed E-state index contributed by atoms with van der Waals surface area (Å²) < 4.78 is 0. The zero-order valence-electron chi connectivity index (χ0n) is 12.6. The molecule has 2 atom stereocenters. The SMILES string of the molecule is N[C@@H](CC(C/C=C/c1ccc2ccccc2c1)C(=O)O)C(=O)O.